The molecule has 0 unspecified atom stereocenters. The average molecular weight is 269 g/mol. The zero-order valence-corrected chi connectivity index (χ0v) is 8.49. The molecule has 0 amide bonds. The predicted molar refractivity (Wildman–Crippen MR) is 46.0 cm³/mol. The molecule has 6 heteroatoms. The summed E-state index contributed by atoms with van der Waals surface area (Å²) < 4.78 is 42.7. The maximum absolute atomic E-state index is 12.9. The number of rotatable bonds is 2. The molecule has 14 heavy (non-hydrogen) atoms. The molecule has 0 aliphatic carbocycles. The summed E-state index contributed by atoms with van der Waals surface area (Å²) >= 11 is 2.65. The van der Waals surface area contributed by atoms with Crippen LogP contribution >= 0.6 is 15.9 Å². The molecule has 0 saturated heterocycles. The molecule has 1 aromatic rings. The third-order valence-corrected chi connectivity index (χ3v) is 2.29. The minimum absolute atomic E-state index is 0.0570. The Morgan fingerprint density at radius 3 is 2.21 bits per heavy atom. The summed E-state index contributed by atoms with van der Waals surface area (Å²) in [5.74, 6) is -5.06. The molecule has 0 aliphatic rings. The molecule has 0 bridgehead atoms. The van der Waals surface area contributed by atoms with Crippen LogP contribution in [0.3, 0.4) is 0 Å². The van der Waals surface area contributed by atoms with E-state index in [1.165, 1.54) is 0 Å². The molecule has 0 fully saturated rings. The Labute approximate surface area is 85.8 Å². The fourth-order valence-electron chi connectivity index (χ4n) is 0.933. The standard InChI is InChI=1S/C8H4BrF3O2/c1-14-8-3(2-13)5(10)7(12)6(11)4(8)9/h2H,1H3. The van der Waals surface area contributed by atoms with Gasteiger partial charge in [-0.1, -0.05) is 0 Å². The fraction of sp³-hybridized carbons (Fsp3) is 0.125. The van der Waals surface area contributed by atoms with Crippen LogP contribution in [0.5, 0.6) is 5.75 Å². The van der Waals surface area contributed by atoms with E-state index in [9.17, 15) is 18.0 Å². The normalized spacial score (nSPS) is 10.1. The van der Waals surface area contributed by atoms with Gasteiger partial charge in [-0.3, -0.25) is 4.79 Å². The van der Waals surface area contributed by atoms with E-state index in [-0.39, 0.29) is 12.0 Å². The van der Waals surface area contributed by atoms with Gasteiger partial charge in [0.2, 0.25) is 0 Å². The molecule has 0 radical (unpaired) electrons. The van der Waals surface area contributed by atoms with Crippen molar-refractivity contribution in [3.63, 3.8) is 0 Å². The van der Waals surface area contributed by atoms with E-state index < -0.39 is 27.5 Å². The summed E-state index contributed by atoms with van der Waals surface area (Å²) in [4.78, 5) is 10.4. The van der Waals surface area contributed by atoms with Gasteiger partial charge < -0.3 is 4.74 Å². The van der Waals surface area contributed by atoms with Crippen LogP contribution in [0.25, 0.3) is 0 Å². The summed E-state index contributed by atoms with van der Waals surface area (Å²) in [5.41, 5.74) is -0.654. The van der Waals surface area contributed by atoms with Crippen molar-refractivity contribution in [2.75, 3.05) is 7.11 Å². The third kappa shape index (κ3) is 1.50. The number of hydrogen-bond donors (Lipinski definition) is 0. The van der Waals surface area contributed by atoms with Gasteiger partial charge in [0.15, 0.2) is 23.7 Å². The van der Waals surface area contributed by atoms with Crippen LogP contribution in [0.2, 0.25) is 0 Å². The van der Waals surface area contributed by atoms with Crippen LogP contribution < -0.4 is 4.74 Å². The first-order valence-electron chi connectivity index (χ1n) is 3.39. The first kappa shape index (κ1) is 11.0. The first-order chi connectivity index (χ1) is 6.54. The van der Waals surface area contributed by atoms with Crippen LogP contribution in [0.4, 0.5) is 13.2 Å². The fourth-order valence-corrected chi connectivity index (χ4v) is 1.48. The van der Waals surface area contributed by atoms with E-state index in [2.05, 4.69) is 20.7 Å². The molecule has 76 valence electrons. The van der Waals surface area contributed by atoms with E-state index >= 15 is 0 Å². The minimum Gasteiger partial charge on any atom is -0.495 e. The van der Waals surface area contributed by atoms with Crippen molar-refractivity contribution in [3.05, 3.63) is 27.5 Å². The van der Waals surface area contributed by atoms with Crippen molar-refractivity contribution in [3.8, 4) is 5.75 Å². The van der Waals surface area contributed by atoms with Crippen molar-refractivity contribution >= 4 is 22.2 Å². The Morgan fingerprint density at radius 2 is 1.79 bits per heavy atom. The highest BCUT2D eigenvalue weighted by atomic mass is 79.9. The maximum atomic E-state index is 12.9. The molecule has 0 saturated carbocycles. The molecule has 1 rings (SSSR count). The summed E-state index contributed by atoms with van der Waals surface area (Å²) in [6.07, 6.45) is 0.0570. The second-order valence-electron chi connectivity index (χ2n) is 2.32. The van der Waals surface area contributed by atoms with E-state index in [1.807, 2.05) is 0 Å². The van der Waals surface area contributed by atoms with Crippen LogP contribution in [0.1, 0.15) is 10.4 Å². The Kier molecular flexibility index (Phi) is 3.15. The highest BCUT2D eigenvalue weighted by Crippen LogP contribution is 2.34. The highest BCUT2D eigenvalue weighted by Gasteiger charge is 2.23. The van der Waals surface area contributed by atoms with Gasteiger partial charge in [0.25, 0.3) is 0 Å². The maximum Gasteiger partial charge on any atom is 0.196 e. The quantitative estimate of drug-likeness (QED) is 0.468. The molecule has 0 heterocycles. The molecule has 2 nitrogen and oxygen atoms in total. The molecule has 0 aromatic heterocycles. The Morgan fingerprint density at radius 1 is 1.21 bits per heavy atom. The zero-order valence-electron chi connectivity index (χ0n) is 6.91. The van der Waals surface area contributed by atoms with Gasteiger partial charge in [0.1, 0.15) is 5.75 Å². The number of methoxy groups -OCH3 is 1. The Balaban J connectivity index is 3.65. The van der Waals surface area contributed by atoms with Gasteiger partial charge in [0, 0.05) is 0 Å². The molecular formula is C8H4BrF3O2. The smallest absolute Gasteiger partial charge is 0.196 e. The second kappa shape index (κ2) is 4.00. The van der Waals surface area contributed by atoms with Gasteiger partial charge >= 0.3 is 0 Å². The number of carbonyl (C=O) groups is 1. The van der Waals surface area contributed by atoms with Gasteiger partial charge in [-0.05, 0) is 15.9 Å². The molecule has 0 N–H and O–H groups in total. The van der Waals surface area contributed by atoms with Gasteiger partial charge in [0.05, 0.1) is 17.1 Å². The second-order valence-corrected chi connectivity index (χ2v) is 3.11. The number of aldehydes is 1. The lowest BCUT2D eigenvalue weighted by molar-refractivity contribution is 0.111. The molecule has 1 aromatic carbocycles. The van der Waals surface area contributed by atoms with E-state index in [1.54, 1.807) is 0 Å². The van der Waals surface area contributed by atoms with Gasteiger partial charge in [-0.15, -0.1) is 0 Å². The Hall–Kier alpha value is -1.04. The van der Waals surface area contributed by atoms with Crippen molar-refractivity contribution < 1.29 is 22.7 Å². The summed E-state index contributed by atoms with van der Waals surface area (Å²) in [6, 6.07) is 0. The molecule has 0 aliphatic heterocycles. The largest absolute Gasteiger partial charge is 0.495 e. The van der Waals surface area contributed by atoms with Crippen molar-refractivity contribution in [1.29, 1.82) is 0 Å². The molecule has 0 spiro atoms. The molecule has 0 atom stereocenters. The van der Waals surface area contributed by atoms with E-state index in [0.29, 0.717) is 0 Å². The first-order valence-corrected chi connectivity index (χ1v) is 4.19. The van der Waals surface area contributed by atoms with Crippen molar-refractivity contribution in [2.45, 2.75) is 0 Å². The van der Waals surface area contributed by atoms with Gasteiger partial charge in [-0.2, -0.15) is 0 Å². The van der Waals surface area contributed by atoms with Crippen LogP contribution in [0, 0.1) is 17.5 Å². The van der Waals surface area contributed by atoms with E-state index in [0.717, 1.165) is 7.11 Å². The number of halogens is 4. The predicted octanol–water partition coefficient (Wildman–Crippen LogP) is 2.69. The summed E-state index contributed by atoms with van der Waals surface area (Å²) in [5, 5.41) is 0. The lowest BCUT2D eigenvalue weighted by atomic mass is 10.2. The monoisotopic (exact) mass is 268 g/mol. The van der Waals surface area contributed by atoms with Crippen LogP contribution in [0.15, 0.2) is 4.47 Å². The van der Waals surface area contributed by atoms with E-state index in [4.69, 9.17) is 0 Å². The SMILES string of the molecule is COc1c(Br)c(F)c(F)c(F)c1C=O. The topological polar surface area (TPSA) is 26.3 Å². The lowest BCUT2D eigenvalue weighted by Gasteiger charge is -2.08. The third-order valence-electron chi connectivity index (χ3n) is 1.58. The summed E-state index contributed by atoms with van der Waals surface area (Å²) in [6.45, 7) is 0. The highest BCUT2D eigenvalue weighted by molar-refractivity contribution is 9.10. The van der Waals surface area contributed by atoms with Crippen molar-refractivity contribution in [1.82, 2.24) is 0 Å². The van der Waals surface area contributed by atoms with Crippen LogP contribution in [-0.2, 0) is 0 Å². The molecular weight excluding hydrogens is 265 g/mol. The van der Waals surface area contributed by atoms with Crippen molar-refractivity contribution in [2.24, 2.45) is 0 Å². The zero-order chi connectivity index (χ0) is 10.9. The van der Waals surface area contributed by atoms with Gasteiger partial charge in [-0.25, -0.2) is 13.2 Å². The Bertz CT molecular complexity index is 393. The summed E-state index contributed by atoms with van der Waals surface area (Å²) in [7, 11) is 1.11. The minimum atomic E-state index is -1.71. The van der Waals surface area contributed by atoms with Crippen LogP contribution in [-0.4, -0.2) is 13.4 Å². The average Bonchev–Trinajstić information content (AvgIpc) is 2.20. The number of hydrogen-bond acceptors (Lipinski definition) is 2. The number of benzene rings is 1. The lowest BCUT2D eigenvalue weighted by Crippen LogP contribution is -2.02. The number of ether oxygens (including phenoxy) is 1. The number of carbonyl (C=O) groups excluding carboxylic acids is 1.